The second kappa shape index (κ2) is 2.78. The van der Waals surface area contributed by atoms with E-state index in [1.54, 1.807) is 6.07 Å². The van der Waals surface area contributed by atoms with Gasteiger partial charge in [0.25, 0.3) is 11.6 Å². The van der Waals surface area contributed by atoms with Gasteiger partial charge in [0.1, 0.15) is 0 Å². The second-order valence-electron chi connectivity index (χ2n) is 4.49. The molecule has 0 aliphatic heterocycles. The van der Waals surface area contributed by atoms with Crippen LogP contribution < -0.4 is 0 Å². The van der Waals surface area contributed by atoms with E-state index in [1.807, 2.05) is 0 Å². The first-order valence-electron chi connectivity index (χ1n) is 5.16. The maximum absolute atomic E-state index is 13.5. The van der Waals surface area contributed by atoms with Crippen LogP contribution in [0.1, 0.15) is 35.8 Å². The molecule has 1 aromatic rings. The van der Waals surface area contributed by atoms with Crippen molar-refractivity contribution in [2.24, 2.45) is 0 Å². The molecule has 0 spiro atoms. The van der Waals surface area contributed by atoms with Crippen LogP contribution in [0.25, 0.3) is 0 Å². The highest BCUT2D eigenvalue weighted by molar-refractivity contribution is 5.55. The highest BCUT2D eigenvalue weighted by Crippen LogP contribution is 2.62. The van der Waals surface area contributed by atoms with Crippen LogP contribution in [0, 0.1) is 10.1 Å². The third-order valence-corrected chi connectivity index (χ3v) is 3.65. The minimum Gasteiger partial charge on any atom is -0.258 e. The van der Waals surface area contributed by atoms with Gasteiger partial charge in [0.2, 0.25) is 0 Å². The predicted molar refractivity (Wildman–Crippen MR) is 52.8 cm³/mol. The van der Waals surface area contributed by atoms with Gasteiger partial charge < -0.3 is 0 Å². The molecule has 2 bridgehead atoms. The van der Waals surface area contributed by atoms with Crippen LogP contribution in [0.3, 0.4) is 0 Å². The van der Waals surface area contributed by atoms with E-state index in [4.69, 9.17) is 0 Å². The van der Waals surface area contributed by atoms with Gasteiger partial charge in [-0.1, -0.05) is 12.1 Å². The summed E-state index contributed by atoms with van der Waals surface area (Å²) >= 11 is 0. The molecular formula is C11H9F2NO2. The number of alkyl halides is 2. The maximum Gasteiger partial charge on any atom is 0.273 e. The quantitative estimate of drug-likeness (QED) is 0.544. The van der Waals surface area contributed by atoms with Crippen molar-refractivity contribution in [3.05, 3.63) is 39.4 Å². The molecule has 3 nitrogen and oxygen atoms in total. The summed E-state index contributed by atoms with van der Waals surface area (Å²) in [6, 6.07) is 4.49. The number of benzene rings is 1. The van der Waals surface area contributed by atoms with E-state index in [9.17, 15) is 18.9 Å². The summed E-state index contributed by atoms with van der Waals surface area (Å²) in [4.78, 5) is 10.3. The molecule has 5 heteroatoms. The normalized spacial score (nSPS) is 29.1. The average molecular weight is 225 g/mol. The molecule has 0 amide bonds. The molecular weight excluding hydrogens is 216 g/mol. The van der Waals surface area contributed by atoms with E-state index in [0.717, 1.165) is 0 Å². The summed E-state index contributed by atoms with van der Waals surface area (Å²) < 4.78 is 27.0. The van der Waals surface area contributed by atoms with Gasteiger partial charge in [0, 0.05) is 24.0 Å². The van der Waals surface area contributed by atoms with Crippen molar-refractivity contribution in [1.82, 2.24) is 0 Å². The van der Waals surface area contributed by atoms with Crippen LogP contribution in [0.2, 0.25) is 0 Å². The van der Waals surface area contributed by atoms with E-state index in [2.05, 4.69) is 0 Å². The van der Waals surface area contributed by atoms with Gasteiger partial charge in [-0.3, -0.25) is 10.1 Å². The Kier molecular flexibility index (Phi) is 1.68. The Bertz CT molecular complexity index is 487. The molecule has 84 valence electrons. The Morgan fingerprint density at radius 1 is 1.44 bits per heavy atom. The molecule has 0 saturated heterocycles. The number of nitro benzene ring substituents is 1. The van der Waals surface area contributed by atoms with Gasteiger partial charge in [0.15, 0.2) is 0 Å². The minimum atomic E-state index is -2.69. The van der Waals surface area contributed by atoms with Crippen LogP contribution >= 0.6 is 0 Å². The largest absolute Gasteiger partial charge is 0.273 e. The van der Waals surface area contributed by atoms with E-state index >= 15 is 0 Å². The maximum atomic E-state index is 13.5. The fraction of sp³-hybridized carbons (Fsp3) is 0.455. The Labute approximate surface area is 90.2 Å². The van der Waals surface area contributed by atoms with Crippen LogP contribution in [-0.2, 0) is 0 Å². The topological polar surface area (TPSA) is 43.1 Å². The van der Waals surface area contributed by atoms with Crippen LogP contribution in [0.5, 0.6) is 0 Å². The molecule has 2 aliphatic carbocycles. The standard InChI is InChI=1S/C11H9F2NO2/c12-11(13)5-6-4-8(11)7-2-1-3-9(10(6)7)14(15)16/h1-3,6,8H,4-5H2. The molecule has 2 aliphatic rings. The monoisotopic (exact) mass is 225 g/mol. The second-order valence-corrected chi connectivity index (χ2v) is 4.49. The van der Waals surface area contributed by atoms with Gasteiger partial charge in [-0.25, -0.2) is 8.78 Å². The molecule has 16 heavy (non-hydrogen) atoms. The van der Waals surface area contributed by atoms with Gasteiger partial charge in [-0.05, 0) is 17.9 Å². The number of halogens is 2. The highest BCUT2D eigenvalue weighted by Gasteiger charge is 2.57. The summed E-state index contributed by atoms with van der Waals surface area (Å²) in [7, 11) is 0. The lowest BCUT2D eigenvalue weighted by Gasteiger charge is -2.23. The first kappa shape index (κ1) is 9.69. The molecule has 1 fully saturated rings. The molecule has 0 heterocycles. The first-order valence-corrected chi connectivity index (χ1v) is 5.16. The zero-order chi connectivity index (χ0) is 11.5. The summed E-state index contributed by atoms with van der Waals surface area (Å²) in [5.74, 6) is -3.84. The number of hydrogen-bond acceptors (Lipinski definition) is 2. The van der Waals surface area contributed by atoms with Crippen molar-refractivity contribution in [2.45, 2.75) is 30.6 Å². The van der Waals surface area contributed by atoms with Crippen LogP contribution in [0.4, 0.5) is 14.5 Å². The van der Waals surface area contributed by atoms with Gasteiger partial charge >= 0.3 is 0 Å². The lowest BCUT2D eigenvalue weighted by molar-refractivity contribution is -0.385. The zero-order valence-electron chi connectivity index (χ0n) is 8.32. The van der Waals surface area contributed by atoms with Crippen LogP contribution in [0.15, 0.2) is 18.2 Å². The molecule has 2 atom stereocenters. The molecule has 0 N–H and O–H groups in total. The third kappa shape index (κ3) is 1.06. The Morgan fingerprint density at radius 3 is 2.88 bits per heavy atom. The SMILES string of the molecule is O=[N+]([O-])c1cccc2c1C1CC2C(F)(F)C1. The van der Waals surface area contributed by atoms with Crippen molar-refractivity contribution >= 4 is 5.69 Å². The number of fused-ring (bicyclic) bond motifs is 5. The number of rotatable bonds is 1. The fourth-order valence-corrected chi connectivity index (χ4v) is 3.06. The molecule has 0 radical (unpaired) electrons. The number of nitro groups is 1. The summed E-state index contributed by atoms with van der Waals surface area (Å²) in [6.07, 6.45) is 0.114. The van der Waals surface area contributed by atoms with E-state index < -0.39 is 16.8 Å². The van der Waals surface area contributed by atoms with Crippen molar-refractivity contribution in [3.8, 4) is 0 Å². The molecule has 0 aromatic heterocycles. The number of nitrogens with zero attached hydrogens (tertiary/aromatic N) is 1. The molecule has 1 aromatic carbocycles. The molecule has 2 unspecified atom stereocenters. The summed E-state index contributed by atoms with van der Waals surface area (Å²) in [6.45, 7) is 0. The fourth-order valence-electron chi connectivity index (χ4n) is 3.06. The summed E-state index contributed by atoms with van der Waals surface area (Å²) in [5.41, 5.74) is 1.03. The lowest BCUT2D eigenvalue weighted by atomic mass is 9.88. The zero-order valence-corrected chi connectivity index (χ0v) is 8.32. The lowest BCUT2D eigenvalue weighted by Crippen LogP contribution is -2.23. The number of hydrogen-bond donors (Lipinski definition) is 0. The smallest absolute Gasteiger partial charge is 0.258 e. The van der Waals surface area contributed by atoms with Gasteiger partial charge in [-0.15, -0.1) is 0 Å². The van der Waals surface area contributed by atoms with Crippen molar-refractivity contribution < 1.29 is 13.7 Å². The van der Waals surface area contributed by atoms with Gasteiger partial charge in [0.05, 0.1) is 4.92 Å². The Hall–Kier alpha value is -1.52. The van der Waals surface area contributed by atoms with E-state index in [-0.39, 0.29) is 18.0 Å². The third-order valence-electron chi connectivity index (χ3n) is 3.65. The minimum absolute atomic E-state index is 0.000463. The van der Waals surface area contributed by atoms with Crippen molar-refractivity contribution in [3.63, 3.8) is 0 Å². The summed E-state index contributed by atoms with van der Waals surface area (Å²) in [5, 5.41) is 10.8. The first-order chi connectivity index (χ1) is 7.50. The van der Waals surface area contributed by atoms with Crippen molar-refractivity contribution in [2.75, 3.05) is 0 Å². The van der Waals surface area contributed by atoms with E-state index in [1.165, 1.54) is 12.1 Å². The predicted octanol–water partition coefficient (Wildman–Crippen LogP) is 3.20. The molecule has 3 rings (SSSR count). The van der Waals surface area contributed by atoms with Crippen molar-refractivity contribution in [1.29, 1.82) is 0 Å². The van der Waals surface area contributed by atoms with Gasteiger partial charge in [-0.2, -0.15) is 0 Å². The average Bonchev–Trinajstić information content (AvgIpc) is 2.70. The Morgan fingerprint density at radius 2 is 2.19 bits per heavy atom. The molecule has 1 saturated carbocycles. The Balaban J connectivity index is 2.19. The van der Waals surface area contributed by atoms with Crippen LogP contribution in [-0.4, -0.2) is 10.8 Å². The highest BCUT2D eigenvalue weighted by atomic mass is 19.3. The van der Waals surface area contributed by atoms with E-state index in [0.29, 0.717) is 17.5 Å².